The molecule has 7 nitrogen and oxygen atoms in total. The van der Waals surface area contributed by atoms with Crippen LogP contribution >= 0.6 is 0 Å². The Morgan fingerprint density at radius 3 is 3.00 bits per heavy atom. The number of fused-ring (bicyclic) bond motifs is 1. The Morgan fingerprint density at radius 2 is 2.32 bits per heavy atom. The molecule has 0 radical (unpaired) electrons. The predicted octanol–water partition coefficient (Wildman–Crippen LogP) is 0.0658. The molecule has 1 aromatic rings. The number of aliphatic hydroxyl groups excluding tert-OH is 1. The molecule has 7 heteroatoms. The molecule has 0 spiro atoms. The third-order valence-corrected chi connectivity index (χ3v) is 3.04. The van der Waals surface area contributed by atoms with E-state index in [9.17, 15) is 14.9 Å². The number of amides is 1. The number of nitrogens with zero attached hydrogens (tertiary/aromatic N) is 2. The number of aliphatic hydroxyl groups is 1. The number of hydrogen-bond acceptors (Lipinski definition) is 5. The van der Waals surface area contributed by atoms with Gasteiger partial charge in [-0.1, -0.05) is 6.07 Å². The minimum atomic E-state index is -0.467. The third kappa shape index (κ3) is 2.88. The number of nitro groups is 1. The molecule has 0 saturated heterocycles. The molecule has 0 unspecified atom stereocenters. The van der Waals surface area contributed by atoms with Gasteiger partial charge in [-0.2, -0.15) is 0 Å². The van der Waals surface area contributed by atoms with E-state index in [1.807, 2.05) is 0 Å². The van der Waals surface area contributed by atoms with Crippen LogP contribution in [0.2, 0.25) is 0 Å². The number of hydrogen-bond donors (Lipinski definition) is 2. The largest absolute Gasteiger partial charge is 0.395 e. The smallest absolute Gasteiger partial charge is 0.271 e. The van der Waals surface area contributed by atoms with Gasteiger partial charge in [0.1, 0.15) is 0 Å². The maximum absolute atomic E-state index is 12.0. The zero-order valence-corrected chi connectivity index (χ0v) is 10.3. The molecular weight excluding hydrogens is 250 g/mol. The second kappa shape index (κ2) is 5.77. The van der Waals surface area contributed by atoms with Crippen molar-refractivity contribution in [1.29, 1.82) is 0 Å². The highest BCUT2D eigenvalue weighted by Crippen LogP contribution is 2.31. The van der Waals surface area contributed by atoms with Crippen LogP contribution in [-0.2, 0) is 11.2 Å². The first-order chi connectivity index (χ1) is 9.13. The summed E-state index contributed by atoms with van der Waals surface area (Å²) in [5, 5.41) is 22.2. The standard InChI is InChI=1S/C12H15N3O4/c16-6-4-13-8-12(17)14-5-3-9-1-2-10(15(18)19)7-11(9)14/h1-2,7,13,16H,3-6,8H2. The van der Waals surface area contributed by atoms with E-state index in [4.69, 9.17) is 5.11 Å². The van der Waals surface area contributed by atoms with E-state index in [-0.39, 0.29) is 24.7 Å². The van der Waals surface area contributed by atoms with Crippen molar-refractivity contribution in [3.05, 3.63) is 33.9 Å². The van der Waals surface area contributed by atoms with Gasteiger partial charge >= 0.3 is 0 Å². The third-order valence-electron chi connectivity index (χ3n) is 3.04. The van der Waals surface area contributed by atoms with Crippen LogP contribution in [-0.4, -0.2) is 42.2 Å². The van der Waals surface area contributed by atoms with Crippen LogP contribution < -0.4 is 10.2 Å². The van der Waals surface area contributed by atoms with Crippen LogP contribution in [0, 0.1) is 10.1 Å². The molecule has 0 atom stereocenters. The molecule has 0 bridgehead atoms. The number of anilines is 1. The summed E-state index contributed by atoms with van der Waals surface area (Å²) in [5.74, 6) is -0.146. The van der Waals surface area contributed by atoms with Crippen LogP contribution in [0.15, 0.2) is 18.2 Å². The topological polar surface area (TPSA) is 95.7 Å². The van der Waals surface area contributed by atoms with Crippen LogP contribution in [0.3, 0.4) is 0 Å². The van der Waals surface area contributed by atoms with Crippen LogP contribution in [0.5, 0.6) is 0 Å². The van der Waals surface area contributed by atoms with E-state index >= 15 is 0 Å². The average Bonchev–Trinajstić information content (AvgIpc) is 2.81. The van der Waals surface area contributed by atoms with E-state index in [2.05, 4.69) is 5.32 Å². The Morgan fingerprint density at radius 1 is 1.53 bits per heavy atom. The average molecular weight is 265 g/mol. The van der Waals surface area contributed by atoms with Crippen molar-refractivity contribution in [3.63, 3.8) is 0 Å². The Bertz CT molecular complexity index is 504. The number of rotatable bonds is 5. The van der Waals surface area contributed by atoms with Crippen LogP contribution in [0.25, 0.3) is 0 Å². The number of nitro benzene ring substituents is 1. The van der Waals surface area contributed by atoms with E-state index in [0.717, 1.165) is 5.56 Å². The maximum Gasteiger partial charge on any atom is 0.271 e. The number of nitrogens with one attached hydrogen (secondary N) is 1. The normalized spacial score (nSPS) is 13.4. The molecular formula is C12H15N3O4. The number of benzene rings is 1. The monoisotopic (exact) mass is 265 g/mol. The summed E-state index contributed by atoms with van der Waals surface area (Å²) in [4.78, 5) is 23.8. The van der Waals surface area contributed by atoms with Gasteiger partial charge in [-0.25, -0.2) is 0 Å². The summed E-state index contributed by atoms with van der Waals surface area (Å²) in [6.45, 7) is 0.968. The van der Waals surface area contributed by atoms with Crippen molar-refractivity contribution in [2.75, 3.05) is 31.1 Å². The minimum Gasteiger partial charge on any atom is -0.395 e. The van der Waals surface area contributed by atoms with E-state index in [0.29, 0.717) is 25.2 Å². The van der Waals surface area contributed by atoms with Crippen molar-refractivity contribution in [1.82, 2.24) is 5.32 Å². The Balaban J connectivity index is 2.13. The Kier molecular flexibility index (Phi) is 4.08. The SMILES string of the molecule is O=C(CNCCO)N1CCc2ccc([N+](=O)[O-])cc21. The Hall–Kier alpha value is -1.99. The van der Waals surface area contributed by atoms with E-state index < -0.39 is 4.92 Å². The molecule has 0 aliphatic carbocycles. The molecule has 19 heavy (non-hydrogen) atoms. The summed E-state index contributed by atoms with van der Waals surface area (Å²) >= 11 is 0. The van der Waals surface area contributed by atoms with Gasteiger partial charge in [0, 0.05) is 25.2 Å². The lowest BCUT2D eigenvalue weighted by molar-refractivity contribution is -0.384. The van der Waals surface area contributed by atoms with Gasteiger partial charge in [0.2, 0.25) is 5.91 Å². The van der Waals surface area contributed by atoms with Crippen molar-refractivity contribution in [2.45, 2.75) is 6.42 Å². The van der Waals surface area contributed by atoms with Crippen LogP contribution in [0.1, 0.15) is 5.56 Å². The van der Waals surface area contributed by atoms with Crippen molar-refractivity contribution >= 4 is 17.3 Å². The van der Waals surface area contributed by atoms with Gasteiger partial charge in [-0.05, 0) is 12.0 Å². The van der Waals surface area contributed by atoms with Crippen molar-refractivity contribution < 1.29 is 14.8 Å². The lowest BCUT2D eigenvalue weighted by Gasteiger charge is -2.17. The molecule has 1 aliphatic rings. The molecule has 0 fully saturated rings. The summed E-state index contributed by atoms with van der Waals surface area (Å²) in [6, 6.07) is 4.59. The lowest BCUT2D eigenvalue weighted by Crippen LogP contribution is -2.38. The second-order valence-electron chi connectivity index (χ2n) is 4.27. The molecule has 1 amide bonds. The fourth-order valence-electron chi connectivity index (χ4n) is 2.11. The highest BCUT2D eigenvalue weighted by atomic mass is 16.6. The van der Waals surface area contributed by atoms with Gasteiger partial charge in [-0.15, -0.1) is 0 Å². The predicted molar refractivity (Wildman–Crippen MR) is 69.1 cm³/mol. The molecule has 2 rings (SSSR count). The summed E-state index contributed by atoms with van der Waals surface area (Å²) in [5.41, 5.74) is 1.55. The number of non-ortho nitro benzene ring substituents is 1. The van der Waals surface area contributed by atoms with Gasteiger partial charge < -0.3 is 15.3 Å². The van der Waals surface area contributed by atoms with E-state index in [1.165, 1.54) is 12.1 Å². The molecule has 1 heterocycles. The zero-order valence-electron chi connectivity index (χ0n) is 10.3. The molecule has 0 aromatic heterocycles. The fourth-order valence-corrected chi connectivity index (χ4v) is 2.11. The van der Waals surface area contributed by atoms with Crippen molar-refractivity contribution in [3.8, 4) is 0 Å². The fraction of sp³-hybridized carbons (Fsp3) is 0.417. The molecule has 0 saturated carbocycles. The van der Waals surface area contributed by atoms with Gasteiger partial charge in [0.25, 0.3) is 5.69 Å². The van der Waals surface area contributed by atoms with Crippen LogP contribution in [0.4, 0.5) is 11.4 Å². The van der Waals surface area contributed by atoms with E-state index in [1.54, 1.807) is 11.0 Å². The first-order valence-electron chi connectivity index (χ1n) is 6.02. The quantitative estimate of drug-likeness (QED) is 0.446. The van der Waals surface area contributed by atoms with Gasteiger partial charge in [0.15, 0.2) is 0 Å². The summed E-state index contributed by atoms with van der Waals surface area (Å²) < 4.78 is 0. The van der Waals surface area contributed by atoms with Crippen molar-refractivity contribution in [2.24, 2.45) is 0 Å². The highest BCUT2D eigenvalue weighted by molar-refractivity contribution is 5.97. The first-order valence-corrected chi connectivity index (χ1v) is 6.02. The first kappa shape index (κ1) is 13.4. The van der Waals surface area contributed by atoms with Gasteiger partial charge in [0.05, 0.1) is 23.8 Å². The molecule has 2 N–H and O–H groups in total. The lowest BCUT2D eigenvalue weighted by atomic mass is 10.1. The number of carbonyl (C=O) groups is 1. The minimum absolute atomic E-state index is 0.0123. The summed E-state index contributed by atoms with van der Waals surface area (Å²) in [6.07, 6.45) is 0.707. The molecule has 1 aromatic carbocycles. The highest BCUT2D eigenvalue weighted by Gasteiger charge is 2.26. The molecule has 1 aliphatic heterocycles. The van der Waals surface area contributed by atoms with Gasteiger partial charge in [-0.3, -0.25) is 14.9 Å². The Labute approximate surface area is 110 Å². The number of carbonyl (C=O) groups excluding carboxylic acids is 1. The molecule has 102 valence electrons. The zero-order chi connectivity index (χ0) is 13.8. The summed E-state index contributed by atoms with van der Waals surface area (Å²) in [7, 11) is 0. The maximum atomic E-state index is 12.0. The second-order valence-corrected chi connectivity index (χ2v) is 4.27.